The highest BCUT2D eigenvalue weighted by molar-refractivity contribution is 5.43. The number of hydrogen-bond donors (Lipinski definition) is 1. The van der Waals surface area contributed by atoms with Gasteiger partial charge in [-0.1, -0.05) is 6.07 Å². The fraction of sp³-hybridized carbons (Fsp3) is 0.333. The van der Waals surface area contributed by atoms with E-state index in [1.807, 2.05) is 42.5 Å². The number of anilines is 1. The molecule has 2 aromatic rings. The predicted molar refractivity (Wildman–Crippen MR) is 92.2 cm³/mol. The van der Waals surface area contributed by atoms with Gasteiger partial charge in [0.15, 0.2) is 11.5 Å². The lowest BCUT2D eigenvalue weighted by molar-refractivity contribution is 0.232. The molecule has 0 atom stereocenters. The van der Waals surface area contributed by atoms with Gasteiger partial charge in [-0.25, -0.2) is 0 Å². The molecule has 2 rings (SSSR count). The summed E-state index contributed by atoms with van der Waals surface area (Å²) in [5.41, 5.74) is 7.55. The smallest absolute Gasteiger partial charge is 0.161 e. The second kappa shape index (κ2) is 8.29. The topological polar surface area (TPSA) is 57.0 Å². The maximum absolute atomic E-state index is 5.71. The summed E-state index contributed by atoms with van der Waals surface area (Å²) in [6, 6.07) is 13.4. The highest BCUT2D eigenvalue weighted by Gasteiger charge is 2.07. The molecule has 2 N–H and O–H groups in total. The first kappa shape index (κ1) is 17.0. The average Bonchev–Trinajstić information content (AvgIpc) is 2.56. The zero-order chi connectivity index (χ0) is 16.7. The van der Waals surface area contributed by atoms with Crippen LogP contribution < -0.4 is 19.9 Å². The van der Waals surface area contributed by atoms with Crippen LogP contribution in [-0.2, 0) is 6.54 Å². The number of ether oxygens (including phenoxy) is 3. The second-order valence-electron chi connectivity index (χ2n) is 5.34. The Balaban J connectivity index is 1.82. The van der Waals surface area contributed by atoms with E-state index in [0.29, 0.717) is 6.61 Å². The molecule has 23 heavy (non-hydrogen) atoms. The minimum Gasteiger partial charge on any atom is -0.493 e. The first-order chi connectivity index (χ1) is 11.1. The van der Waals surface area contributed by atoms with Crippen LogP contribution in [0.1, 0.15) is 5.56 Å². The number of rotatable bonds is 8. The molecule has 0 aromatic heterocycles. The molecule has 0 spiro atoms. The largest absolute Gasteiger partial charge is 0.493 e. The maximum Gasteiger partial charge on any atom is 0.161 e. The van der Waals surface area contributed by atoms with Gasteiger partial charge in [-0.05, 0) is 49.0 Å². The van der Waals surface area contributed by atoms with Gasteiger partial charge in [0.05, 0.1) is 14.2 Å². The minimum absolute atomic E-state index is 0.619. The Morgan fingerprint density at radius 2 is 1.65 bits per heavy atom. The van der Waals surface area contributed by atoms with Gasteiger partial charge >= 0.3 is 0 Å². The van der Waals surface area contributed by atoms with Crippen molar-refractivity contribution in [2.24, 2.45) is 0 Å². The number of nitrogen functional groups attached to an aromatic ring is 1. The molecule has 0 saturated carbocycles. The molecular formula is C18H24N2O3. The van der Waals surface area contributed by atoms with Gasteiger partial charge in [0.2, 0.25) is 0 Å². The average molecular weight is 316 g/mol. The Hall–Kier alpha value is -2.40. The summed E-state index contributed by atoms with van der Waals surface area (Å²) < 4.78 is 16.3. The number of hydrogen-bond acceptors (Lipinski definition) is 5. The number of nitrogens with zero attached hydrogens (tertiary/aromatic N) is 1. The standard InChI is InChI=1S/C18H24N2O3/c1-20(10-11-23-16-7-5-15(19)6-8-16)13-14-4-9-17(21-2)18(12-14)22-3/h4-9,12H,10-11,13,19H2,1-3H3. The lowest BCUT2D eigenvalue weighted by Crippen LogP contribution is -2.23. The minimum atomic E-state index is 0.619. The van der Waals surface area contributed by atoms with Crippen molar-refractivity contribution in [1.29, 1.82) is 0 Å². The van der Waals surface area contributed by atoms with E-state index in [2.05, 4.69) is 11.9 Å². The van der Waals surface area contributed by atoms with E-state index >= 15 is 0 Å². The highest BCUT2D eigenvalue weighted by atomic mass is 16.5. The zero-order valence-corrected chi connectivity index (χ0v) is 13.9. The number of likely N-dealkylation sites (N-methyl/N-ethyl adjacent to an activating group) is 1. The molecule has 2 aromatic carbocycles. The van der Waals surface area contributed by atoms with Crippen LogP contribution in [0.15, 0.2) is 42.5 Å². The van der Waals surface area contributed by atoms with E-state index in [1.165, 1.54) is 0 Å². The Bertz CT molecular complexity index is 614. The first-order valence-electron chi connectivity index (χ1n) is 7.50. The van der Waals surface area contributed by atoms with Crippen LogP contribution in [0.2, 0.25) is 0 Å². The lowest BCUT2D eigenvalue weighted by atomic mass is 10.2. The van der Waals surface area contributed by atoms with Crippen LogP contribution in [0.25, 0.3) is 0 Å². The second-order valence-corrected chi connectivity index (χ2v) is 5.34. The highest BCUT2D eigenvalue weighted by Crippen LogP contribution is 2.27. The summed E-state index contributed by atoms with van der Waals surface area (Å²) >= 11 is 0. The summed E-state index contributed by atoms with van der Waals surface area (Å²) in [5.74, 6) is 2.32. The van der Waals surface area contributed by atoms with Gasteiger partial charge in [-0.3, -0.25) is 4.90 Å². The van der Waals surface area contributed by atoms with Crippen molar-refractivity contribution in [2.75, 3.05) is 40.2 Å². The van der Waals surface area contributed by atoms with Crippen LogP contribution in [0.3, 0.4) is 0 Å². The van der Waals surface area contributed by atoms with Crippen LogP contribution >= 0.6 is 0 Å². The van der Waals surface area contributed by atoms with Crippen LogP contribution in [0, 0.1) is 0 Å². The van der Waals surface area contributed by atoms with Gasteiger partial charge in [-0.2, -0.15) is 0 Å². The zero-order valence-electron chi connectivity index (χ0n) is 13.9. The lowest BCUT2D eigenvalue weighted by Gasteiger charge is -2.18. The van der Waals surface area contributed by atoms with Crippen molar-refractivity contribution < 1.29 is 14.2 Å². The van der Waals surface area contributed by atoms with E-state index in [4.69, 9.17) is 19.9 Å². The van der Waals surface area contributed by atoms with Crippen LogP contribution in [-0.4, -0.2) is 39.3 Å². The van der Waals surface area contributed by atoms with Gasteiger partial charge in [0.1, 0.15) is 12.4 Å². The molecule has 0 aliphatic heterocycles. The normalized spacial score (nSPS) is 10.6. The third-order valence-corrected chi connectivity index (χ3v) is 3.52. The molecular weight excluding hydrogens is 292 g/mol. The van der Waals surface area contributed by atoms with E-state index < -0.39 is 0 Å². The third-order valence-electron chi connectivity index (χ3n) is 3.52. The molecule has 5 heteroatoms. The van der Waals surface area contributed by atoms with E-state index in [0.717, 1.165) is 41.6 Å². The van der Waals surface area contributed by atoms with Crippen molar-refractivity contribution in [3.05, 3.63) is 48.0 Å². The fourth-order valence-electron chi connectivity index (χ4n) is 2.25. The SMILES string of the molecule is COc1ccc(CN(C)CCOc2ccc(N)cc2)cc1OC. The van der Waals surface area contributed by atoms with Crippen LogP contribution in [0.5, 0.6) is 17.2 Å². The van der Waals surface area contributed by atoms with Gasteiger partial charge in [0, 0.05) is 18.8 Å². The van der Waals surface area contributed by atoms with Crippen molar-refractivity contribution in [2.45, 2.75) is 6.54 Å². The van der Waals surface area contributed by atoms with Crippen molar-refractivity contribution in [3.8, 4) is 17.2 Å². The van der Waals surface area contributed by atoms with Crippen molar-refractivity contribution in [1.82, 2.24) is 4.90 Å². The maximum atomic E-state index is 5.71. The molecule has 0 aliphatic rings. The summed E-state index contributed by atoms with van der Waals surface area (Å²) in [6.45, 7) is 2.25. The summed E-state index contributed by atoms with van der Waals surface area (Å²) in [7, 11) is 5.34. The van der Waals surface area contributed by atoms with Crippen LogP contribution in [0.4, 0.5) is 5.69 Å². The Morgan fingerprint density at radius 3 is 2.30 bits per heavy atom. The van der Waals surface area contributed by atoms with Crippen molar-refractivity contribution >= 4 is 5.69 Å². The molecule has 0 unspecified atom stereocenters. The molecule has 5 nitrogen and oxygen atoms in total. The molecule has 0 aliphatic carbocycles. The summed E-state index contributed by atoms with van der Waals surface area (Å²) in [5, 5.41) is 0. The molecule has 124 valence electrons. The van der Waals surface area contributed by atoms with Gasteiger partial charge in [-0.15, -0.1) is 0 Å². The van der Waals surface area contributed by atoms with Gasteiger partial charge in [0.25, 0.3) is 0 Å². The number of methoxy groups -OCH3 is 2. The Morgan fingerprint density at radius 1 is 0.957 bits per heavy atom. The molecule has 0 fully saturated rings. The Labute approximate surface area is 137 Å². The van der Waals surface area contributed by atoms with E-state index in [9.17, 15) is 0 Å². The molecule has 0 radical (unpaired) electrons. The fourth-order valence-corrected chi connectivity index (χ4v) is 2.25. The van der Waals surface area contributed by atoms with Gasteiger partial charge < -0.3 is 19.9 Å². The quantitative estimate of drug-likeness (QED) is 0.759. The molecule has 0 amide bonds. The predicted octanol–water partition coefficient (Wildman–Crippen LogP) is 2.80. The monoisotopic (exact) mass is 316 g/mol. The summed E-state index contributed by atoms with van der Waals surface area (Å²) in [4.78, 5) is 2.19. The molecule has 0 saturated heterocycles. The van der Waals surface area contributed by atoms with E-state index in [1.54, 1.807) is 14.2 Å². The molecule has 0 heterocycles. The summed E-state index contributed by atoms with van der Waals surface area (Å²) in [6.07, 6.45) is 0. The first-order valence-corrected chi connectivity index (χ1v) is 7.50. The number of nitrogens with two attached hydrogens (primary N) is 1. The van der Waals surface area contributed by atoms with E-state index in [-0.39, 0.29) is 0 Å². The number of benzene rings is 2. The Kier molecular flexibility index (Phi) is 6.11. The van der Waals surface area contributed by atoms with Crippen molar-refractivity contribution in [3.63, 3.8) is 0 Å². The third kappa shape index (κ3) is 5.07. The molecule has 0 bridgehead atoms.